The van der Waals surface area contributed by atoms with Gasteiger partial charge in [0.25, 0.3) is 0 Å². The van der Waals surface area contributed by atoms with E-state index in [2.05, 4.69) is 27.1 Å². The van der Waals surface area contributed by atoms with Crippen molar-refractivity contribution < 1.29 is 4.79 Å². The Kier molecular flexibility index (Phi) is 4.42. The summed E-state index contributed by atoms with van der Waals surface area (Å²) in [5, 5.41) is 2.68. The van der Waals surface area contributed by atoms with Gasteiger partial charge in [-0.3, -0.25) is 4.79 Å². The summed E-state index contributed by atoms with van der Waals surface area (Å²) in [6.45, 7) is 5.88. The predicted molar refractivity (Wildman–Crippen MR) is 79.6 cm³/mol. The smallest absolute Gasteiger partial charge is 0.222 e. The highest BCUT2D eigenvalue weighted by atomic mass is 16.1. The van der Waals surface area contributed by atoms with Crippen molar-refractivity contribution in [3.05, 3.63) is 11.3 Å². The molecule has 1 atom stereocenters. The Morgan fingerprint density at radius 2 is 2.25 bits per heavy atom. The number of nitrogens with two attached hydrogens (primary N) is 1. The Morgan fingerprint density at radius 3 is 2.90 bits per heavy atom. The summed E-state index contributed by atoms with van der Waals surface area (Å²) >= 11 is 0. The van der Waals surface area contributed by atoms with Gasteiger partial charge in [-0.15, -0.1) is 0 Å². The van der Waals surface area contributed by atoms with Crippen LogP contribution in [-0.4, -0.2) is 36.0 Å². The van der Waals surface area contributed by atoms with E-state index in [1.807, 2.05) is 6.92 Å². The van der Waals surface area contributed by atoms with Crippen molar-refractivity contribution in [2.45, 2.75) is 33.1 Å². The van der Waals surface area contributed by atoms with Gasteiger partial charge in [0.15, 0.2) is 0 Å². The van der Waals surface area contributed by atoms with Crippen molar-refractivity contribution in [2.24, 2.45) is 5.92 Å². The molecule has 1 saturated heterocycles. The lowest BCUT2D eigenvalue weighted by Gasteiger charge is -2.21. The van der Waals surface area contributed by atoms with Crippen LogP contribution in [0.4, 0.5) is 11.8 Å². The van der Waals surface area contributed by atoms with E-state index in [4.69, 9.17) is 5.73 Å². The van der Waals surface area contributed by atoms with Crippen LogP contribution in [-0.2, 0) is 11.2 Å². The van der Waals surface area contributed by atoms with Gasteiger partial charge < -0.3 is 16.0 Å². The molecule has 0 radical (unpaired) electrons. The van der Waals surface area contributed by atoms with E-state index in [1.54, 1.807) is 7.05 Å². The summed E-state index contributed by atoms with van der Waals surface area (Å²) in [4.78, 5) is 22.3. The average molecular weight is 277 g/mol. The molecular formula is C14H23N5O. The number of carbonyl (C=O) groups is 1. The molecule has 2 heterocycles. The second-order valence-electron chi connectivity index (χ2n) is 5.31. The van der Waals surface area contributed by atoms with Crippen molar-refractivity contribution in [3.63, 3.8) is 0 Å². The first-order valence-corrected chi connectivity index (χ1v) is 7.13. The monoisotopic (exact) mass is 277 g/mol. The molecule has 0 aliphatic carbocycles. The Morgan fingerprint density at radius 1 is 1.50 bits per heavy atom. The van der Waals surface area contributed by atoms with Crippen LogP contribution in [0.15, 0.2) is 0 Å². The Bertz CT molecular complexity index is 503. The van der Waals surface area contributed by atoms with Gasteiger partial charge >= 0.3 is 0 Å². The van der Waals surface area contributed by atoms with Gasteiger partial charge in [-0.05, 0) is 25.7 Å². The molecule has 3 N–H and O–H groups in total. The van der Waals surface area contributed by atoms with Crippen LogP contribution in [0.5, 0.6) is 0 Å². The largest absolute Gasteiger partial charge is 0.368 e. The van der Waals surface area contributed by atoms with Crippen LogP contribution in [0.2, 0.25) is 0 Å². The Balaban J connectivity index is 2.14. The van der Waals surface area contributed by atoms with E-state index < -0.39 is 0 Å². The second kappa shape index (κ2) is 6.07. The molecule has 6 heteroatoms. The molecule has 0 aromatic carbocycles. The SMILES string of the molecule is CCc1nc(N)nc(N2CCC(CC(=O)NC)C2)c1C. The number of amides is 1. The number of aryl methyl sites for hydroxylation is 1. The first kappa shape index (κ1) is 14.6. The number of anilines is 2. The molecule has 110 valence electrons. The van der Waals surface area contributed by atoms with Gasteiger partial charge in [-0.1, -0.05) is 6.92 Å². The molecule has 0 bridgehead atoms. The van der Waals surface area contributed by atoms with E-state index >= 15 is 0 Å². The van der Waals surface area contributed by atoms with Crippen LogP contribution < -0.4 is 16.0 Å². The summed E-state index contributed by atoms with van der Waals surface area (Å²) in [5.74, 6) is 1.74. The fraction of sp³-hybridized carbons (Fsp3) is 0.643. The lowest BCUT2D eigenvalue weighted by Crippen LogP contribution is -2.26. The van der Waals surface area contributed by atoms with Crippen molar-refractivity contribution in [3.8, 4) is 0 Å². The van der Waals surface area contributed by atoms with Gasteiger partial charge in [-0.2, -0.15) is 4.98 Å². The van der Waals surface area contributed by atoms with E-state index in [-0.39, 0.29) is 5.91 Å². The summed E-state index contributed by atoms with van der Waals surface area (Å²) < 4.78 is 0. The van der Waals surface area contributed by atoms with Crippen molar-refractivity contribution in [1.29, 1.82) is 0 Å². The van der Waals surface area contributed by atoms with Gasteiger partial charge in [0.05, 0.1) is 5.69 Å². The highest BCUT2D eigenvalue weighted by Gasteiger charge is 2.27. The standard InChI is InChI=1S/C14H23N5O/c1-4-11-9(2)13(18-14(15)17-11)19-6-5-10(8-19)7-12(20)16-3/h10H,4-8H2,1-3H3,(H,16,20)(H2,15,17,18). The molecule has 1 aliphatic heterocycles. The molecule has 6 nitrogen and oxygen atoms in total. The van der Waals surface area contributed by atoms with Crippen LogP contribution in [0.3, 0.4) is 0 Å². The fourth-order valence-corrected chi connectivity index (χ4v) is 2.78. The molecule has 20 heavy (non-hydrogen) atoms. The average Bonchev–Trinajstić information content (AvgIpc) is 2.89. The van der Waals surface area contributed by atoms with Crippen LogP contribution >= 0.6 is 0 Å². The normalized spacial score (nSPS) is 18.4. The van der Waals surface area contributed by atoms with Gasteiger partial charge in [-0.25, -0.2) is 4.98 Å². The maximum Gasteiger partial charge on any atom is 0.222 e. The molecule has 1 aromatic rings. The molecule has 2 rings (SSSR count). The minimum absolute atomic E-state index is 0.102. The van der Waals surface area contributed by atoms with Gasteiger partial charge in [0.1, 0.15) is 5.82 Å². The fourth-order valence-electron chi connectivity index (χ4n) is 2.78. The molecular weight excluding hydrogens is 254 g/mol. The lowest BCUT2D eigenvalue weighted by atomic mass is 10.0. The first-order chi connectivity index (χ1) is 9.55. The van der Waals surface area contributed by atoms with Crippen LogP contribution in [0.25, 0.3) is 0 Å². The number of carbonyl (C=O) groups excluding carboxylic acids is 1. The number of hydrogen-bond acceptors (Lipinski definition) is 5. The number of nitrogens with one attached hydrogen (secondary N) is 1. The third kappa shape index (κ3) is 3.00. The lowest BCUT2D eigenvalue weighted by molar-refractivity contribution is -0.121. The van der Waals surface area contributed by atoms with Crippen LogP contribution in [0.1, 0.15) is 31.0 Å². The maximum atomic E-state index is 11.5. The molecule has 1 unspecified atom stereocenters. The molecule has 1 aromatic heterocycles. The van der Waals surface area contributed by atoms with Gasteiger partial charge in [0.2, 0.25) is 11.9 Å². The molecule has 0 spiro atoms. The van der Waals surface area contributed by atoms with E-state index in [1.165, 1.54) is 0 Å². The van der Waals surface area contributed by atoms with Crippen molar-refractivity contribution in [2.75, 3.05) is 30.8 Å². The summed E-state index contributed by atoms with van der Waals surface area (Å²) in [7, 11) is 1.68. The molecule has 0 saturated carbocycles. The summed E-state index contributed by atoms with van der Waals surface area (Å²) in [6.07, 6.45) is 2.44. The van der Waals surface area contributed by atoms with Crippen molar-refractivity contribution >= 4 is 17.7 Å². The summed E-state index contributed by atoms with van der Waals surface area (Å²) in [6, 6.07) is 0. The number of aromatic nitrogens is 2. The zero-order valence-corrected chi connectivity index (χ0v) is 12.4. The summed E-state index contributed by atoms with van der Waals surface area (Å²) in [5.41, 5.74) is 7.90. The Hall–Kier alpha value is -1.85. The Labute approximate surface area is 119 Å². The quantitative estimate of drug-likeness (QED) is 0.854. The topological polar surface area (TPSA) is 84.1 Å². The predicted octanol–water partition coefficient (Wildman–Crippen LogP) is 0.892. The number of nitrogens with zero attached hydrogens (tertiary/aromatic N) is 3. The van der Waals surface area contributed by atoms with Crippen LogP contribution in [0, 0.1) is 12.8 Å². The third-order valence-electron chi connectivity index (χ3n) is 3.91. The minimum atomic E-state index is 0.102. The van der Waals surface area contributed by atoms with Crippen molar-refractivity contribution in [1.82, 2.24) is 15.3 Å². The highest BCUT2D eigenvalue weighted by molar-refractivity contribution is 5.76. The molecule has 1 amide bonds. The van der Waals surface area contributed by atoms with E-state index in [9.17, 15) is 4.79 Å². The number of hydrogen-bond donors (Lipinski definition) is 2. The molecule has 1 aliphatic rings. The van der Waals surface area contributed by atoms with E-state index in [0.29, 0.717) is 18.3 Å². The second-order valence-corrected chi connectivity index (χ2v) is 5.31. The third-order valence-corrected chi connectivity index (χ3v) is 3.91. The maximum absolute atomic E-state index is 11.5. The first-order valence-electron chi connectivity index (χ1n) is 7.13. The number of nitrogen functional groups attached to an aromatic ring is 1. The minimum Gasteiger partial charge on any atom is -0.368 e. The number of rotatable bonds is 4. The van der Waals surface area contributed by atoms with E-state index in [0.717, 1.165) is 43.0 Å². The van der Waals surface area contributed by atoms with Gasteiger partial charge in [0, 0.05) is 32.1 Å². The molecule has 1 fully saturated rings. The zero-order valence-electron chi connectivity index (χ0n) is 12.4. The highest BCUT2D eigenvalue weighted by Crippen LogP contribution is 2.28. The zero-order chi connectivity index (χ0) is 14.7.